The summed E-state index contributed by atoms with van der Waals surface area (Å²) in [4.78, 5) is 6.32. The van der Waals surface area contributed by atoms with Crippen LogP contribution in [0, 0.1) is 16.7 Å². The third-order valence-electron chi connectivity index (χ3n) is 3.71. The smallest absolute Gasteiger partial charge is 0.270 e. The number of aliphatic hydroxyl groups is 2. The molecular formula is C11H14N8O4. The number of hydrogen-bond donors (Lipinski definition) is 4. The van der Waals surface area contributed by atoms with Crippen molar-refractivity contribution in [3.8, 4) is 6.07 Å². The standard InChI is InChI=1S/C11H14N8O4/c1-10(4-12)7(21)11(5-20,17-18-14)23-8(10)19-3-2-6(13)15-9(19)16-22/h2-3,7-8,20-22H,5H2,1H3,(H2,13,15,16)/t7-,8+,10+,11+/m0/s1. The van der Waals surface area contributed by atoms with Gasteiger partial charge in [-0.25, -0.2) is 0 Å². The summed E-state index contributed by atoms with van der Waals surface area (Å²) in [6.45, 7) is 0.484. The second-order valence-electron chi connectivity index (χ2n) is 5.12. The second-order valence-corrected chi connectivity index (χ2v) is 5.12. The molecule has 0 amide bonds. The lowest BCUT2D eigenvalue weighted by Crippen LogP contribution is -2.46. The average Bonchev–Trinajstić information content (AvgIpc) is 2.78. The summed E-state index contributed by atoms with van der Waals surface area (Å²) in [6.07, 6.45) is -1.59. The lowest BCUT2D eigenvalue weighted by atomic mass is 9.82. The van der Waals surface area contributed by atoms with E-state index in [1.807, 2.05) is 6.07 Å². The Hall–Kier alpha value is -2.84. The summed E-state index contributed by atoms with van der Waals surface area (Å²) in [5.41, 5.74) is 10.2. The molecule has 1 saturated heterocycles. The van der Waals surface area contributed by atoms with Crippen LogP contribution >= 0.6 is 0 Å². The fourth-order valence-corrected chi connectivity index (χ4v) is 2.45. The van der Waals surface area contributed by atoms with Gasteiger partial charge in [-0.3, -0.25) is 4.57 Å². The molecule has 0 saturated carbocycles. The topological polar surface area (TPSA) is 199 Å². The quantitative estimate of drug-likeness (QED) is 0.183. The highest BCUT2D eigenvalue weighted by Crippen LogP contribution is 2.50. The van der Waals surface area contributed by atoms with E-state index in [9.17, 15) is 15.5 Å². The van der Waals surface area contributed by atoms with Crippen LogP contribution in [0.1, 0.15) is 13.2 Å². The summed E-state index contributed by atoms with van der Waals surface area (Å²) in [6, 6.07) is 3.24. The molecule has 2 rings (SSSR count). The first kappa shape index (κ1) is 16.5. The molecule has 2 heterocycles. The van der Waals surface area contributed by atoms with Gasteiger partial charge in [-0.1, -0.05) is 5.11 Å². The van der Waals surface area contributed by atoms with Crippen molar-refractivity contribution in [3.63, 3.8) is 0 Å². The van der Waals surface area contributed by atoms with E-state index in [4.69, 9.17) is 21.2 Å². The fraction of sp³-hybridized carbons (Fsp3) is 0.545. The van der Waals surface area contributed by atoms with Crippen molar-refractivity contribution in [3.05, 3.63) is 28.3 Å². The van der Waals surface area contributed by atoms with Gasteiger partial charge in [0.15, 0.2) is 12.0 Å². The van der Waals surface area contributed by atoms with Gasteiger partial charge in [0, 0.05) is 11.1 Å². The first-order valence-electron chi connectivity index (χ1n) is 6.35. The molecule has 1 aromatic rings. The van der Waals surface area contributed by atoms with Crippen LogP contribution < -0.4 is 11.4 Å². The molecule has 1 aromatic heterocycles. The predicted octanol–water partition coefficient (Wildman–Crippen LogP) is -0.826. The van der Waals surface area contributed by atoms with Crippen molar-refractivity contribution in [2.24, 2.45) is 15.7 Å². The van der Waals surface area contributed by atoms with Crippen molar-refractivity contribution in [2.45, 2.75) is 25.0 Å². The van der Waals surface area contributed by atoms with E-state index in [2.05, 4.69) is 20.2 Å². The molecule has 122 valence electrons. The normalized spacial score (nSPS) is 33.9. The Morgan fingerprint density at radius 2 is 2.39 bits per heavy atom. The maximum Gasteiger partial charge on any atom is 0.270 e. The zero-order valence-electron chi connectivity index (χ0n) is 12.0. The number of nitrogen functional groups attached to an aromatic ring is 1. The van der Waals surface area contributed by atoms with Gasteiger partial charge in [-0.15, -0.1) is 0 Å². The van der Waals surface area contributed by atoms with Crippen molar-refractivity contribution in [1.82, 2.24) is 9.55 Å². The minimum atomic E-state index is -2.06. The Morgan fingerprint density at radius 1 is 1.70 bits per heavy atom. The third kappa shape index (κ3) is 2.33. The number of hydrogen-bond acceptors (Lipinski definition) is 9. The minimum Gasteiger partial charge on any atom is -0.408 e. The monoisotopic (exact) mass is 322 g/mol. The SMILES string of the molecule is C[C@]1(C#N)[C@H](n2ccc(N)n/c2=N\O)O[C@@](CO)(N=[N+]=[N-])[C@H]1O. The molecule has 0 unspecified atom stereocenters. The number of anilines is 1. The number of aliphatic hydroxyl groups excluding tert-OH is 2. The van der Waals surface area contributed by atoms with Crippen LogP contribution in [0.15, 0.2) is 22.5 Å². The molecule has 4 atom stereocenters. The highest BCUT2D eigenvalue weighted by molar-refractivity contribution is 5.24. The number of nitriles is 1. The van der Waals surface area contributed by atoms with Gasteiger partial charge >= 0.3 is 0 Å². The van der Waals surface area contributed by atoms with E-state index >= 15 is 0 Å². The summed E-state index contributed by atoms with van der Waals surface area (Å²) in [7, 11) is 0. The molecule has 0 radical (unpaired) electrons. The highest BCUT2D eigenvalue weighted by Gasteiger charge is 2.62. The summed E-state index contributed by atoms with van der Waals surface area (Å²) in [5, 5.41) is 44.7. The number of nitrogens with zero attached hydrogens (tertiary/aromatic N) is 7. The van der Waals surface area contributed by atoms with Crippen molar-refractivity contribution >= 4 is 5.82 Å². The molecule has 12 nitrogen and oxygen atoms in total. The van der Waals surface area contributed by atoms with Crippen LogP contribution in [0.2, 0.25) is 0 Å². The maximum absolute atomic E-state index is 10.4. The predicted molar refractivity (Wildman–Crippen MR) is 72.8 cm³/mol. The Kier molecular flexibility index (Phi) is 4.13. The molecule has 12 heteroatoms. The molecule has 0 aromatic carbocycles. The van der Waals surface area contributed by atoms with Crippen LogP contribution in [0.3, 0.4) is 0 Å². The van der Waals surface area contributed by atoms with E-state index in [1.54, 1.807) is 0 Å². The Morgan fingerprint density at radius 3 is 2.91 bits per heavy atom. The van der Waals surface area contributed by atoms with Gasteiger partial charge in [-0.05, 0) is 23.7 Å². The molecule has 1 aliphatic rings. The van der Waals surface area contributed by atoms with Gasteiger partial charge in [0.25, 0.3) is 5.62 Å². The summed E-state index contributed by atoms with van der Waals surface area (Å²) >= 11 is 0. The van der Waals surface area contributed by atoms with E-state index in [0.29, 0.717) is 0 Å². The van der Waals surface area contributed by atoms with Crippen LogP contribution in [0.25, 0.3) is 10.4 Å². The second kappa shape index (κ2) is 5.75. The number of rotatable bonds is 3. The molecule has 1 aliphatic heterocycles. The lowest BCUT2D eigenvalue weighted by Gasteiger charge is -2.27. The van der Waals surface area contributed by atoms with E-state index < -0.39 is 30.1 Å². The van der Waals surface area contributed by atoms with Gasteiger partial charge in [0.1, 0.15) is 17.3 Å². The molecule has 1 fully saturated rings. The number of aromatic nitrogens is 2. The molecule has 0 bridgehead atoms. The maximum atomic E-state index is 10.4. The fourth-order valence-electron chi connectivity index (χ4n) is 2.45. The molecule has 5 N–H and O–H groups in total. The Balaban J connectivity index is 2.68. The molecule has 0 aliphatic carbocycles. The summed E-state index contributed by atoms with van der Waals surface area (Å²) in [5.74, 6) is 0.0507. The number of ether oxygens (including phenoxy) is 1. The van der Waals surface area contributed by atoms with E-state index in [1.165, 1.54) is 19.2 Å². The zero-order chi connectivity index (χ0) is 17.3. The van der Waals surface area contributed by atoms with Gasteiger partial charge in [0.2, 0.25) is 0 Å². The van der Waals surface area contributed by atoms with Gasteiger partial charge in [-0.2, -0.15) is 10.2 Å². The number of nitrogens with two attached hydrogens (primary N) is 1. The molecule has 23 heavy (non-hydrogen) atoms. The lowest BCUT2D eigenvalue weighted by molar-refractivity contribution is -0.125. The average molecular weight is 322 g/mol. The number of azide groups is 1. The minimum absolute atomic E-state index is 0.0507. The largest absolute Gasteiger partial charge is 0.408 e. The van der Waals surface area contributed by atoms with Crippen molar-refractivity contribution in [1.29, 1.82) is 5.26 Å². The van der Waals surface area contributed by atoms with Crippen LogP contribution in [-0.4, -0.2) is 43.4 Å². The molecule has 0 spiro atoms. The van der Waals surface area contributed by atoms with Crippen LogP contribution in [0.5, 0.6) is 0 Å². The van der Waals surface area contributed by atoms with Crippen LogP contribution in [0.4, 0.5) is 5.82 Å². The van der Waals surface area contributed by atoms with Crippen LogP contribution in [-0.2, 0) is 4.74 Å². The summed E-state index contributed by atoms with van der Waals surface area (Å²) < 4.78 is 6.63. The van der Waals surface area contributed by atoms with Crippen molar-refractivity contribution < 1.29 is 20.2 Å². The van der Waals surface area contributed by atoms with E-state index in [-0.39, 0.29) is 11.4 Å². The Labute approximate surface area is 129 Å². The third-order valence-corrected chi connectivity index (χ3v) is 3.71. The zero-order valence-corrected chi connectivity index (χ0v) is 12.0. The van der Waals surface area contributed by atoms with Gasteiger partial charge in [0.05, 0.1) is 12.7 Å². The highest BCUT2D eigenvalue weighted by atomic mass is 16.6. The van der Waals surface area contributed by atoms with Crippen molar-refractivity contribution in [2.75, 3.05) is 12.3 Å². The first-order chi connectivity index (χ1) is 10.9. The first-order valence-corrected chi connectivity index (χ1v) is 6.35. The molecular weight excluding hydrogens is 308 g/mol. The van der Waals surface area contributed by atoms with Gasteiger partial charge < -0.3 is 25.9 Å². The van der Waals surface area contributed by atoms with E-state index in [0.717, 1.165) is 4.57 Å². The Bertz CT molecular complexity index is 766.